The SMILES string of the molecule is CC(=O)c1cccc(NC(=O)c2cc(Nc3cccc(F)c3)ccn2)c1. The lowest BCUT2D eigenvalue weighted by molar-refractivity contribution is 0.100. The van der Waals surface area contributed by atoms with E-state index in [9.17, 15) is 14.0 Å². The van der Waals surface area contributed by atoms with Gasteiger partial charge < -0.3 is 10.6 Å². The van der Waals surface area contributed by atoms with Gasteiger partial charge >= 0.3 is 0 Å². The first kappa shape index (κ1) is 17.3. The number of amides is 1. The molecule has 6 heteroatoms. The largest absolute Gasteiger partial charge is 0.355 e. The summed E-state index contributed by atoms with van der Waals surface area (Å²) in [7, 11) is 0. The van der Waals surface area contributed by atoms with Crippen LogP contribution in [0.1, 0.15) is 27.8 Å². The molecular weight excluding hydrogens is 333 g/mol. The molecule has 2 aromatic carbocycles. The Kier molecular flexibility index (Phi) is 5.03. The average Bonchev–Trinajstić information content (AvgIpc) is 2.62. The van der Waals surface area contributed by atoms with Crippen LogP contribution in [0.4, 0.5) is 21.5 Å². The Labute approximate surface area is 149 Å². The van der Waals surface area contributed by atoms with Gasteiger partial charge in [-0.1, -0.05) is 18.2 Å². The van der Waals surface area contributed by atoms with E-state index in [0.717, 1.165) is 0 Å². The van der Waals surface area contributed by atoms with Crippen LogP contribution >= 0.6 is 0 Å². The smallest absolute Gasteiger partial charge is 0.274 e. The molecule has 0 aliphatic rings. The van der Waals surface area contributed by atoms with E-state index < -0.39 is 5.91 Å². The fourth-order valence-corrected chi connectivity index (χ4v) is 2.38. The van der Waals surface area contributed by atoms with Gasteiger partial charge in [0.15, 0.2) is 5.78 Å². The summed E-state index contributed by atoms with van der Waals surface area (Å²) in [5, 5.41) is 5.74. The fraction of sp³-hybridized carbons (Fsp3) is 0.0500. The quantitative estimate of drug-likeness (QED) is 0.669. The number of carbonyl (C=O) groups is 2. The topological polar surface area (TPSA) is 71.1 Å². The van der Waals surface area contributed by atoms with Crippen LogP contribution in [0.2, 0.25) is 0 Å². The van der Waals surface area contributed by atoms with E-state index in [1.165, 1.54) is 25.3 Å². The molecule has 0 fully saturated rings. The Morgan fingerprint density at radius 3 is 2.42 bits per heavy atom. The molecule has 0 spiro atoms. The number of hydrogen-bond acceptors (Lipinski definition) is 4. The van der Waals surface area contributed by atoms with Crippen LogP contribution < -0.4 is 10.6 Å². The Bertz CT molecular complexity index is 973. The van der Waals surface area contributed by atoms with Crippen molar-refractivity contribution in [1.82, 2.24) is 4.98 Å². The number of hydrogen-bond donors (Lipinski definition) is 2. The van der Waals surface area contributed by atoms with Gasteiger partial charge in [-0.05, 0) is 49.4 Å². The average molecular weight is 349 g/mol. The third kappa shape index (κ3) is 4.30. The maximum Gasteiger partial charge on any atom is 0.274 e. The van der Waals surface area contributed by atoms with Crippen LogP contribution in [-0.2, 0) is 0 Å². The maximum absolute atomic E-state index is 13.3. The number of halogens is 1. The van der Waals surface area contributed by atoms with Crippen molar-refractivity contribution in [2.24, 2.45) is 0 Å². The van der Waals surface area contributed by atoms with Crippen molar-refractivity contribution in [3.05, 3.63) is 83.9 Å². The monoisotopic (exact) mass is 349 g/mol. The number of aromatic nitrogens is 1. The van der Waals surface area contributed by atoms with E-state index in [1.807, 2.05) is 0 Å². The van der Waals surface area contributed by atoms with Crippen LogP contribution in [0.25, 0.3) is 0 Å². The maximum atomic E-state index is 13.3. The van der Waals surface area contributed by atoms with E-state index in [4.69, 9.17) is 0 Å². The Morgan fingerprint density at radius 1 is 0.923 bits per heavy atom. The summed E-state index contributed by atoms with van der Waals surface area (Å²) in [4.78, 5) is 27.9. The molecule has 3 aromatic rings. The van der Waals surface area contributed by atoms with Gasteiger partial charge in [-0.2, -0.15) is 0 Å². The number of ketones is 1. The van der Waals surface area contributed by atoms with Gasteiger partial charge in [0, 0.05) is 28.8 Å². The predicted octanol–water partition coefficient (Wildman–Crippen LogP) is 4.42. The molecule has 0 radical (unpaired) electrons. The van der Waals surface area contributed by atoms with Crippen LogP contribution in [0.5, 0.6) is 0 Å². The Morgan fingerprint density at radius 2 is 1.65 bits per heavy atom. The van der Waals surface area contributed by atoms with E-state index in [-0.39, 0.29) is 17.3 Å². The number of nitrogens with one attached hydrogen (secondary N) is 2. The molecule has 0 aliphatic carbocycles. The van der Waals surface area contributed by atoms with Gasteiger partial charge in [-0.15, -0.1) is 0 Å². The summed E-state index contributed by atoms with van der Waals surface area (Å²) in [5.41, 5.74) is 2.38. The molecule has 130 valence electrons. The van der Waals surface area contributed by atoms with Crippen molar-refractivity contribution >= 4 is 28.8 Å². The van der Waals surface area contributed by atoms with Gasteiger partial charge in [-0.25, -0.2) is 4.39 Å². The van der Waals surface area contributed by atoms with Crippen molar-refractivity contribution in [2.75, 3.05) is 10.6 Å². The zero-order valence-corrected chi connectivity index (χ0v) is 14.0. The summed E-state index contributed by atoms with van der Waals surface area (Å²) >= 11 is 0. The van der Waals surface area contributed by atoms with Crippen molar-refractivity contribution in [1.29, 1.82) is 0 Å². The number of benzene rings is 2. The highest BCUT2D eigenvalue weighted by atomic mass is 19.1. The summed E-state index contributed by atoms with van der Waals surface area (Å²) in [6.45, 7) is 1.46. The van der Waals surface area contributed by atoms with Crippen LogP contribution in [0, 0.1) is 5.82 Å². The van der Waals surface area contributed by atoms with Gasteiger partial charge in [0.05, 0.1) is 0 Å². The molecule has 5 nitrogen and oxygen atoms in total. The molecule has 0 unspecified atom stereocenters. The highest BCUT2D eigenvalue weighted by molar-refractivity contribution is 6.04. The standard InChI is InChI=1S/C20H16FN3O2/c1-13(25)14-4-2-6-16(10-14)24-20(26)19-12-18(8-9-22-19)23-17-7-3-5-15(21)11-17/h2-12H,1H3,(H,22,23)(H,24,26). The first-order valence-corrected chi connectivity index (χ1v) is 7.92. The molecule has 0 aliphatic heterocycles. The molecule has 3 rings (SSSR count). The van der Waals surface area contributed by atoms with Gasteiger partial charge in [0.25, 0.3) is 5.91 Å². The normalized spacial score (nSPS) is 10.2. The number of nitrogens with zero attached hydrogens (tertiary/aromatic N) is 1. The third-order valence-corrected chi connectivity index (χ3v) is 3.63. The van der Waals surface area contributed by atoms with Crippen molar-refractivity contribution in [3.63, 3.8) is 0 Å². The second-order valence-electron chi connectivity index (χ2n) is 5.66. The highest BCUT2D eigenvalue weighted by Crippen LogP contribution is 2.18. The summed E-state index contributed by atoms with van der Waals surface area (Å²) in [6, 6.07) is 15.9. The molecule has 1 aromatic heterocycles. The van der Waals surface area contributed by atoms with Crippen LogP contribution in [0.3, 0.4) is 0 Å². The first-order valence-electron chi connectivity index (χ1n) is 7.92. The fourth-order valence-electron chi connectivity index (χ4n) is 2.38. The lowest BCUT2D eigenvalue weighted by atomic mass is 10.1. The number of rotatable bonds is 5. The van der Waals surface area contributed by atoms with Crippen LogP contribution in [-0.4, -0.2) is 16.7 Å². The number of Topliss-reactive ketones (excluding diaryl/α,β-unsaturated/α-hetero) is 1. The molecule has 0 bridgehead atoms. The molecule has 2 N–H and O–H groups in total. The minimum Gasteiger partial charge on any atom is -0.355 e. The van der Waals surface area contributed by atoms with E-state index >= 15 is 0 Å². The second kappa shape index (κ2) is 7.57. The van der Waals surface area contributed by atoms with E-state index in [0.29, 0.717) is 22.6 Å². The van der Waals surface area contributed by atoms with Crippen molar-refractivity contribution in [3.8, 4) is 0 Å². The minimum absolute atomic E-state index is 0.0829. The number of carbonyl (C=O) groups excluding carboxylic acids is 2. The number of pyridine rings is 1. The molecule has 1 amide bonds. The third-order valence-electron chi connectivity index (χ3n) is 3.63. The molecule has 1 heterocycles. The molecule has 0 saturated heterocycles. The zero-order valence-electron chi connectivity index (χ0n) is 14.0. The zero-order chi connectivity index (χ0) is 18.5. The lowest BCUT2D eigenvalue weighted by Gasteiger charge is -2.09. The first-order chi connectivity index (χ1) is 12.5. The van der Waals surface area contributed by atoms with Crippen LogP contribution in [0.15, 0.2) is 66.9 Å². The second-order valence-corrected chi connectivity index (χ2v) is 5.66. The summed E-state index contributed by atoms with van der Waals surface area (Å²) in [6.07, 6.45) is 1.49. The summed E-state index contributed by atoms with van der Waals surface area (Å²) < 4.78 is 13.3. The van der Waals surface area contributed by atoms with E-state index in [1.54, 1.807) is 48.5 Å². The van der Waals surface area contributed by atoms with Crippen molar-refractivity contribution < 1.29 is 14.0 Å². The molecular formula is C20H16FN3O2. The van der Waals surface area contributed by atoms with Gasteiger partial charge in [0.1, 0.15) is 11.5 Å². The number of anilines is 3. The molecule has 0 atom stereocenters. The predicted molar refractivity (Wildman–Crippen MR) is 98.3 cm³/mol. The molecule has 26 heavy (non-hydrogen) atoms. The van der Waals surface area contributed by atoms with E-state index in [2.05, 4.69) is 15.6 Å². The Hall–Kier alpha value is -3.54. The Balaban J connectivity index is 1.76. The lowest BCUT2D eigenvalue weighted by Crippen LogP contribution is -2.14. The van der Waals surface area contributed by atoms with Crippen molar-refractivity contribution in [2.45, 2.75) is 6.92 Å². The summed E-state index contributed by atoms with van der Waals surface area (Å²) in [5.74, 6) is -0.846. The molecule has 0 saturated carbocycles. The highest BCUT2D eigenvalue weighted by Gasteiger charge is 2.10. The van der Waals surface area contributed by atoms with Gasteiger partial charge in [-0.3, -0.25) is 14.6 Å². The minimum atomic E-state index is -0.409. The van der Waals surface area contributed by atoms with Gasteiger partial charge in [0.2, 0.25) is 0 Å².